The smallest absolute Gasteiger partial charge is 0.216 e. The van der Waals surface area contributed by atoms with E-state index < -0.39 is 0 Å². The number of rotatable bonds is 13. The van der Waals surface area contributed by atoms with Crippen LogP contribution in [0.2, 0.25) is 0 Å². The molecule has 0 heterocycles. The van der Waals surface area contributed by atoms with E-state index in [4.69, 9.17) is 0 Å². The highest BCUT2D eigenvalue weighted by Gasteiger charge is 1.94. The third kappa shape index (κ3) is 15.5. The molecule has 0 rings (SSSR count). The van der Waals surface area contributed by atoms with Gasteiger partial charge in [0.15, 0.2) is 0 Å². The fourth-order valence-electron chi connectivity index (χ4n) is 2.16. The van der Waals surface area contributed by atoms with Crippen LogP contribution in [0, 0.1) is 6.92 Å². The predicted octanol–water partition coefficient (Wildman–Crippen LogP) is 4.64. The van der Waals surface area contributed by atoms with Gasteiger partial charge >= 0.3 is 0 Å². The molecular weight excluding hydrogens is 222 g/mol. The third-order valence-corrected chi connectivity index (χ3v) is 3.30. The lowest BCUT2D eigenvalue weighted by atomic mass is 10.1. The van der Waals surface area contributed by atoms with E-state index in [0.29, 0.717) is 0 Å². The summed E-state index contributed by atoms with van der Waals surface area (Å²) in [6.07, 6.45) is 15.8. The van der Waals surface area contributed by atoms with E-state index in [-0.39, 0.29) is 5.91 Å². The Hall–Kier alpha value is -0.530. The summed E-state index contributed by atoms with van der Waals surface area (Å²) < 4.78 is 0. The van der Waals surface area contributed by atoms with Crippen molar-refractivity contribution in [3.05, 3.63) is 6.92 Å². The van der Waals surface area contributed by atoms with Gasteiger partial charge < -0.3 is 5.32 Å². The highest BCUT2D eigenvalue weighted by atomic mass is 16.1. The monoisotopic (exact) mass is 254 g/mol. The second-order valence-corrected chi connectivity index (χ2v) is 5.23. The van der Waals surface area contributed by atoms with Crippen LogP contribution in [0.4, 0.5) is 0 Å². The molecule has 0 bridgehead atoms. The summed E-state index contributed by atoms with van der Waals surface area (Å²) in [4.78, 5) is 10.6. The van der Waals surface area contributed by atoms with Gasteiger partial charge in [0, 0.05) is 13.5 Å². The van der Waals surface area contributed by atoms with Crippen molar-refractivity contribution in [3.63, 3.8) is 0 Å². The van der Waals surface area contributed by atoms with Crippen LogP contribution < -0.4 is 5.32 Å². The van der Waals surface area contributed by atoms with E-state index >= 15 is 0 Å². The van der Waals surface area contributed by atoms with Crippen LogP contribution in [0.25, 0.3) is 0 Å². The molecule has 18 heavy (non-hydrogen) atoms. The van der Waals surface area contributed by atoms with Crippen molar-refractivity contribution in [3.8, 4) is 0 Å². The van der Waals surface area contributed by atoms with Crippen LogP contribution in [0.3, 0.4) is 0 Å². The van der Waals surface area contributed by atoms with Crippen molar-refractivity contribution in [2.75, 3.05) is 6.54 Å². The lowest BCUT2D eigenvalue weighted by Gasteiger charge is -2.03. The molecule has 2 heteroatoms. The zero-order valence-electron chi connectivity index (χ0n) is 12.3. The van der Waals surface area contributed by atoms with Gasteiger partial charge in [0.1, 0.15) is 0 Å². The number of hydrogen-bond donors (Lipinski definition) is 1. The molecule has 1 amide bonds. The zero-order chi connectivity index (χ0) is 13.5. The molecule has 0 aromatic heterocycles. The van der Waals surface area contributed by atoms with Gasteiger partial charge in [-0.2, -0.15) is 0 Å². The van der Waals surface area contributed by atoms with Crippen molar-refractivity contribution >= 4 is 5.91 Å². The summed E-state index contributed by atoms with van der Waals surface area (Å²) in [5, 5.41) is 2.84. The number of unbranched alkanes of at least 4 members (excludes halogenated alkanes) is 11. The first-order chi connectivity index (χ1) is 8.77. The Balaban J connectivity index is 2.92. The van der Waals surface area contributed by atoms with Crippen LogP contribution in [0.5, 0.6) is 0 Å². The lowest BCUT2D eigenvalue weighted by molar-refractivity contribution is -0.118. The Labute approximate surface area is 114 Å². The minimum Gasteiger partial charge on any atom is -0.356 e. The lowest BCUT2D eigenvalue weighted by Crippen LogP contribution is -2.20. The Bertz CT molecular complexity index is 180. The molecule has 0 saturated heterocycles. The van der Waals surface area contributed by atoms with E-state index in [0.717, 1.165) is 19.4 Å². The summed E-state index contributed by atoms with van der Waals surface area (Å²) in [6.45, 7) is 6.29. The van der Waals surface area contributed by atoms with Crippen molar-refractivity contribution in [1.82, 2.24) is 5.32 Å². The van der Waals surface area contributed by atoms with E-state index in [2.05, 4.69) is 12.2 Å². The van der Waals surface area contributed by atoms with Crippen molar-refractivity contribution in [2.45, 2.75) is 84.0 Å². The molecule has 0 aliphatic rings. The van der Waals surface area contributed by atoms with Crippen LogP contribution in [-0.2, 0) is 4.79 Å². The first kappa shape index (κ1) is 17.5. The number of nitrogens with one attached hydrogen (secondary N) is 1. The maximum atomic E-state index is 10.6. The minimum atomic E-state index is 0.0915. The van der Waals surface area contributed by atoms with Gasteiger partial charge in [0.25, 0.3) is 0 Å². The van der Waals surface area contributed by atoms with Crippen molar-refractivity contribution < 1.29 is 4.79 Å². The number of carbonyl (C=O) groups excluding carboxylic acids is 1. The second-order valence-electron chi connectivity index (χ2n) is 5.23. The first-order valence-corrected chi connectivity index (χ1v) is 7.81. The van der Waals surface area contributed by atoms with Crippen LogP contribution in [0.1, 0.15) is 84.0 Å². The fourth-order valence-corrected chi connectivity index (χ4v) is 2.16. The fraction of sp³-hybridized carbons (Fsp3) is 0.875. The topological polar surface area (TPSA) is 29.1 Å². The molecule has 0 saturated carbocycles. The largest absolute Gasteiger partial charge is 0.356 e. The Kier molecular flexibility index (Phi) is 14.1. The SMILES string of the molecule is [CH2]CCCCCCCCCCCCCNC(C)=O. The van der Waals surface area contributed by atoms with Crippen molar-refractivity contribution in [1.29, 1.82) is 0 Å². The van der Waals surface area contributed by atoms with E-state index in [1.165, 1.54) is 64.2 Å². The van der Waals surface area contributed by atoms with Crippen LogP contribution in [0.15, 0.2) is 0 Å². The van der Waals surface area contributed by atoms with Gasteiger partial charge in [-0.25, -0.2) is 0 Å². The molecule has 1 N–H and O–H groups in total. The standard InChI is InChI=1S/C16H32NO/c1-3-4-5-6-7-8-9-10-11-12-13-14-15-17-16(2)18/h1,3-15H2,2H3,(H,17,18). The molecule has 0 atom stereocenters. The molecule has 2 nitrogen and oxygen atoms in total. The number of amides is 1. The van der Waals surface area contributed by atoms with Gasteiger partial charge in [0.2, 0.25) is 5.91 Å². The molecule has 0 aromatic carbocycles. The second kappa shape index (κ2) is 14.5. The predicted molar refractivity (Wildman–Crippen MR) is 79.4 cm³/mol. The summed E-state index contributed by atoms with van der Waals surface area (Å²) >= 11 is 0. The Morgan fingerprint density at radius 2 is 1.17 bits per heavy atom. The number of carbonyl (C=O) groups is 1. The third-order valence-electron chi connectivity index (χ3n) is 3.30. The highest BCUT2D eigenvalue weighted by Crippen LogP contribution is 2.11. The molecule has 0 aromatic rings. The molecule has 107 valence electrons. The Morgan fingerprint density at radius 1 is 0.778 bits per heavy atom. The van der Waals surface area contributed by atoms with Gasteiger partial charge in [-0.3, -0.25) is 4.79 Å². The average molecular weight is 254 g/mol. The van der Waals surface area contributed by atoms with Gasteiger partial charge in [-0.05, 0) is 6.42 Å². The zero-order valence-corrected chi connectivity index (χ0v) is 12.3. The Morgan fingerprint density at radius 3 is 1.56 bits per heavy atom. The molecule has 0 spiro atoms. The average Bonchev–Trinajstić information content (AvgIpc) is 2.34. The van der Waals surface area contributed by atoms with Crippen LogP contribution in [-0.4, -0.2) is 12.5 Å². The molecule has 0 fully saturated rings. The van der Waals surface area contributed by atoms with E-state index in [1.54, 1.807) is 6.92 Å². The highest BCUT2D eigenvalue weighted by molar-refractivity contribution is 5.72. The maximum Gasteiger partial charge on any atom is 0.216 e. The van der Waals surface area contributed by atoms with Gasteiger partial charge in [-0.15, -0.1) is 0 Å². The molecule has 1 radical (unpaired) electrons. The molecule has 0 unspecified atom stereocenters. The summed E-state index contributed by atoms with van der Waals surface area (Å²) in [7, 11) is 0. The maximum absolute atomic E-state index is 10.6. The molecule has 0 aliphatic carbocycles. The summed E-state index contributed by atoms with van der Waals surface area (Å²) in [5.41, 5.74) is 0. The van der Waals surface area contributed by atoms with E-state index in [1.807, 2.05) is 0 Å². The molecule has 0 aliphatic heterocycles. The first-order valence-electron chi connectivity index (χ1n) is 7.81. The van der Waals surface area contributed by atoms with Gasteiger partial charge in [0.05, 0.1) is 0 Å². The van der Waals surface area contributed by atoms with Gasteiger partial charge in [-0.1, -0.05) is 77.6 Å². The quantitative estimate of drug-likeness (QED) is 0.477. The minimum absolute atomic E-state index is 0.0915. The van der Waals surface area contributed by atoms with Crippen molar-refractivity contribution in [2.24, 2.45) is 0 Å². The van der Waals surface area contributed by atoms with Crippen LogP contribution >= 0.6 is 0 Å². The normalized spacial score (nSPS) is 10.6. The summed E-state index contributed by atoms with van der Waals surface area (Å²) in [6, 6.07) is 0. The summed E-state index contributed by atoms with van der Waals surface area (Å²) in [5.74, 6) is 0.0915. The molecular formula is C16H32NO. The van der Waals surface area contributed by atoms with E-state index in [9.17, 15) is 4.79 Å². The number of hydrogen-bond acceptors (Lipinski definition) is 1.